The molecule has 0 unspecified atom stereocenters. The fraction of sp³-hybridized carbons (Fsp3) is 0.367. The lowest BCUT2D eigenvalue weighted by Crippen LogP contribution is -2.34. The zero-order valence-electron chi connectivity index (χ0n) is 21.6. The molecule has 0 saturated heterocycles. The van der Waals surface area contributed by atoms with Crippen LogP contribution < -0.4 is 15.9 Å². The van der Waals surface area contributed by atoms with Crippen LogP contribution in [-0.2, 0) is 9.53 Å². The molecule has 0 aliphatic heterocycles. The number of carbonyl (C=O) groups excluding carboxylic acids is 1. The standard InChI is InChI=1S/C27H32O2P.C2H6.CH3Br/c1-4-29-26(28)27(2,3)21-14-22-30(23-15-8-5-9-16-23,24-17-10-6-11-18-24)25-19-12-7-13-20-25;2*1-2/h5-13,15-20H,4,14,21-22H2,1-3H3;1-2H3;1H3/q+1;;. The van der Waals surface area contributed by atoms with Gasteiger partial charge in [-0.3, -0.25) is 4.79 Å². The number of hydrogen-bond donors (Lipinski definition) is 0. The highest BCUT2D eigenvalue weighted by Crippen LogP contribution is 2.56. The number of rotatable bonds is 9. The van der Waals surface area contributed by atoms with Crippen LogP contribution >= 0.6 is 23.2 Å². The first-order valence-corrected chi connectivity index (χ1v) is 15.7. The third-order valence-corrected chi connectivity index (χ3v) is 10.2. The van der Waals surface area contributed by atoms with Crippen molar-refractivity contribution in [2.45, 2.75) is 47.5 Å². The van der Waals surface area contributed by atoms with Gasteiger partial charge in [-0.15, -0.1) is 0 Å². The van der Waals surface area contributed by atoms with Gasteiger partial charge in [-0.25, -0.2) is 0 Å². The first-order valence-electron chi connectivity index (χ1n) is 12.1. The maximum absolute atomic E-state index is 12.4. The summed E-state index contributed by atoms with van der Waals surface area (Å²) < 4.78 is 5.31. The van der Waals surface area contributed by atoms with Crippen molar-refractivity contribution in [3.05, 3.63) is 91.0 Å². The Hall–Kier alpha value is -1.96. The van der Waals surface area contributed by atoms with Crippen LogP contribution in [0.25, 0.3) is 0 Å². The molecule has 0 radical (unpaired) electrons. The van der Waals surface area contributed by atoms with Crippen molar-refractivity contribution in [1.29, 1.82) is 0 Å². The summed E-state index contributed by atoms with van der Waals surface area (Å²) in [6.07, 6.45) is 2.78. The minimum absolute atomic E-state index is 0.104. The average molecular weight is 545 g/mol. The lowest BCUT2D eigenvalue weighted by molar-refractivity contribution is -0.153. The van der Waals surface area contributed by atoms with Crippen LogP contribution in [0.4, 0.5) is 0 Å². The van der Waals surface area contributed by atoms with E-state index in [4.69, 9.17) is 4.74 Å². The summed E-state index contributed by atoms with van der Waals surface area (Å²) in [4.78, 5) is 12.4. The summed E-state index contributed by atoms with van der Waals surface area (Å²) >= 11 is 2.94. The maximum Gasteiger partial charge on any atom is 0.311 e. The molecule has 0 bridgehead atoms. The normalized spacial score (nSPS) is 10.8. The topological polar surface area (TPSA) is 26.3 Å². The van der Waals surface area contributed by atoms with E-state index in [1.165, 1.54) is 15.9 Å². The fourth-order valence-corrected chi connectivity index (χ4v) is 8.41. The van der Waals surface area contributed by atoms with Crippen LogP contribution in [0, 0.1) is 5.41 Å². The molecule has 0 N–H and O–H groups in total. The molecule has 0 aliphatic carbocycles. The molecular weight excluding hydrogens is 503 g/mol. The summed E-state index contributed by atoms with van der Waals surface area (Å²) in [6.45, 7) is 10.3. The smallest absolute Gasteiger partial charge is 0.311 e. The summed E-state index contributed by atoms with van der Waals surface area (Å²) in [7, 11) is -1.84. The Morgan fingerprint density at radius 2 is 1.12 bits per heavy atom. The molecule has 0 atom stereocenters. The number of halogens is 1. The third-order valence-electron chi connectivity index (χ3n) is 5.71. The van der Waals surface area contributed by atoms with E-state index >= 15 is 0 Å². The Bertz CT molecular complexity index is 831. The molecular formula is C30H41BrO2P+. The molecule has 34 heavy (non-hydrogen) atoms. The number of ether oxygens (including phenoxy) is 1. The Labute approximate surface area is 216 Å². The Kier molecular flexibility index (Phi) is 14.0. The van der Waals surface area contributed by atoms with Crippen LogP contribution in [0.2, 0.25) is 0 Å². The number of esters is 1. The number of hydrogen-bond acceptors (Lipinski definition) is 2. The predicted octanol–water partition coefficient (Wildman–Crippen LogP) is 7.39. The van der Waals surface area contributed by atoms with Gasteiger partial charge in [-0.2, -0.15) is 0 Å². The van der Waals surface area contributed by atoms with Gasteiger partial charge in [0, 0.05) is 0 Å². The lowest BCUT2D eigenvalue weighted by Gasteiger charge is -2.29. The second-order valence-corrected chi connectivity index (χ2v) is 11.9. The maximum atomic E-state index is 12.4. The first kappa shape index (κ1) is 30.1. The lowest BCUT2D eigenvalue weighted by atomic mass is 9.88. The highest BCUT2D eigenvalue weighted by Gasteiger charge is 2.45. The Morgan fingerprint density at radius 3 is 1.44 bits per heavy atom. The Morgan fingerprint density at radius 1 is 0.765 bits per heavy atom. The highest BCUT2D eigenvalue weighted by molar-refractivity contribution is 9.08. The fourth-order valence-electron chi connectivity index (χ4n) is 4.07. The number of benzene rings is 3. The predicted molar refractivity (Wildman–Crippen MR) is 156 cm³/mol. The zero-order chi connectivity index (χ0) is 25.5. The first-order chi connectivity index (χ1) is 16.5. The third kappa shape index (κ3) is 7.79. The van der Waals surface area contributed by atoms with Crippen molar-refractivity contribution in [3.63, 3.8) is 0 Å². The molecule has 0 aliphatic rings. The van der Waals surface area contributed by atoms with Gasteiger partial charge in [0.2, 0.25) is 0 Å². The molecule has 2 nitrogen and oxygen atoms in total. The minimum atomic E-state index is -1.84. The van der Waals surface area contributed by atoms with E-state index in [0.29, 0.717) is 6.61 Å². The van der Waals surface area contributed by atoms with Crippen LogP contribution in [0.5, 0.6) is 0 Å². The highest BCUT2D eigenvalue weighted by atomic mass is 79.9. The molecule has 4 heteroatoms. The summed E-state index contributed by atoms with van der Waals surface area (Å²) in [5.41, 5.74) is -0.476. The van der Waals surface area contributed by atoms with Crippen molar-refractivity contribution >= 4 is 45.1 Å². The molecule has 3 rings (SSSR count). The Balaban J connectivity index is 0.00000137. The summed E-state index contributed by atoms with van der Waals surface area (Å²) in [5, 5.41) is 4.16. The van der Waals surface area contributed by atoms with Gasteiger partial charge in [0.15, 0.2) is 0 Å². The molecule has 0 amide bonds. The van der Waals surface area contributed by atoms with Crippen LogP contribution in [-0.4, -0.2) is 24.6 Å². The van der Waals surface area contributed by atoms with Gasteiger partial charge in [-0.05, 0) is 75.8 Å². The molecule has 0 saturated carbocycles. The molecule has 184 valence electrons. The van der Waals surface area contributed by atoms with E-state index in [1.807, 2.05) is 40.5 Å². The average Bonchev–Trinajstić information content (AvgIpc) is 2.91. The van der Waals surface area contributed by atoms with Gasteiger partial charge in [0.25, 0.3) is 0 Å². The van der Waals surface area contributed by atoms with Gasteiger partial charge in [-0.1, -0.05) is 84.4 Å². The van der Waals surface area contributed by atoms with Gasteiger partial charge in [0.1, 0.15) is 23.2 Å². The van der Waals surface area contributed by atoms with Gasteiger partial charge < -0.3 is 4.74 Å². The van der Waals surface area contributed by atoms with Crippen LogP contribution in [0.15, 0.2) is 91.0 Å². The quantitative estimate of drug-likeness (QED) is 0.160. The molecule has 3 aromatic carbocycles. The number of alkyl halides is 1. The number of carbonyl (C=O) groups is 1. The second-order valence-electron chi connectivity index (χ2n) is 8.25. The van der Waals surface area contributed by atoms with Gasteiger partial charge >= 0.3 is 5.97 Å². The SMILES string of the molecule is CBr.CC.CCOC(=O)C(C)(C)CCC[P+](c1ccccc1)(c1ccccc1)c1ccccc1. The van der Waals surface area contributed by atoms with Crippen LogP contribution in [0.1, 0.15) is 47.5 Å². The molecule has 0 fully saturated rings. The van der Waals surface area contributed by atoms with E-state index < -0.39 is 12.7 Å². The monoisotopic (exact) mass is 543 g/mol. The van der Waals surface area contributed by atoms with Crippen molar-refractivity contribution in [2.75, 3.05) is 18.6 Å². The minimum Gasteiger partial charge on any atom is -0.466 e. The largest absolute Gasteiger partial charge is 0.466 e. The van der Waals surface area contributed by atoms with E-state index in [1.54, 1.807) is 0 Å². The second kappa shape index (κ2) is 15.8. The molecule has 0 spiro atoms. The van der Waals surface area contributed by atoms with Crippen molar-refractivity contribution in [3.8, 4) is 0 Å². The molecule has 0 aromatic heterocycles. The molecule has 0 heterocycles. The van der Waals surface area contributed by atoms with E-state index in [2.05, 4.69) is 107 Å². The summed E-state index contributed by atoms with van der Waals surface area (Å²) in [5.74, 6) is 1.71. The van der Waals surface area contributed by atoms with E-state index in [-0.39, 0.29) is 5.97 Å². The molecule has 3 aromatic rings. The van der Waals surface area contributed by atoms with Crippen molar-refractivity contribution in [1.82, 2.24) is 0 Å². The van der Waals surface area contributed by atoms with E-state index in [9.17, 15) is 4.79 Å². The van der Waals surface area contributed by atoms with Gasteiger partial charge in [0.05, 0.1) is 18.2 Å². The van der Waals surface area contributed by atoms with Crippen LogP contribution in [0.3, 0.4) is 0 Å². The van der Waals surface area contributed by atoms with Crippen molar-refractivity contribution in [2.24, 2.45) is 5.41 Å². The van der Waals surface area contributed by atoms with E-state index in [0.717, 1.165) is 19.0 Å². The zero-order valence-corrected chi connectivity index (χ0v) is 24.1. The van der Waals surface area contributed by atoms with Crippen molar-refractivity contribution < 1.29 is 9.53 Å². The summed E-state index contributed by atoms with van der Waals surface area (Å²) in [6, 6.07) is 32.7.